The number of fused-ring (bicyclic) bond motifs is 1. The predicted octanol–water partition coefficient (Wildman–Crippen LogP) is 0.342. The van der Waals surface area contributed by atoms with Gasteiger partial charge in [0.2, 0.25) is 0 Å². The first-order valence-corrected chi connectivity index (χ1v) is 3.66. The van der Waals surface area contributed by atoms with E-state index in [4.69, 9.17) is 10.7 Å². The second-order valence-electron chi connectivity index (χ2n) is 2.51. The molecule has 0 fully saturated rings. The first-order chi connectivity index (χ1) is 5.92. The van der Waals surface area contributed by atoms with Crippen molar-refractivity contribution < 1.29 is 4.84 Å². The van der Waals surface area contributed by atoms with Crippen LogP contribution in [0.1, 0.15) is 11.1 Å². The maximum atomic E-state index is 5.26. The van der Waals surface area contributed by atoms with Crippen LogP contribution < -0.4 is 11.3 Å². The number of hydrazine groups is 1. The summed E-state index contributed by atoms with van der Waals surface area (Å²) in [5, 5.41) is 3.77. The molecule has 4 heteroatoms. The number of hydrogen-bond acceptors (Lipinski definition) is 4. The minimum atomic E-state index is 0.515. The van der Waals surface area contributed by atoms with E-state index in [1.165, 1.54) is 0 Å². The smallest absolute Gasteiger partial charge is 0.187 e. The normalized spacial score (nSPS) is 14.2. The Kier molecular flexibility index (Phi) is 1.68. The third-order valence-corrected chi connectivity index (χ3v) is 1.79. The Morgan fingerprint density at radius 1 is 1.42 bits per heavy atom. The standard InChI is InChI=1S/C8H9N3O/c9-10-8-7-4-2-1-3-6(7)5-12-11-8/h1-4H,5,9H2,(H,10,11). The highest BCUT2D eigenvalue weighted by molar-refractivity contribution is 5.99. The third kappa shape index (κ3) is 1.02. The van der Waals surface area contributed by atoms with E-state index in [9.17, 15) is 0 Å². The van der Waals surface area contributed by atoms with E-state index >= 15 is 0 Å². The van der Waals surface area contributed by atoms with E-state index in [1.807, 2.05) is 24.3 Å². The minimum absolute atomic E-state index is 0.515. The lowest BCUT2D eigenvalue weighted by molar-refractivity contribution is 0.124. The maximum Gasteiger partial charge on any atom is 0.187 e. The molecule has 1 aromatic carbocycles. The average molecular weight is 163 g/mol. The summed E-state index contributed by atoms with van der Waals surface area (Å²) in [6.07, 6.45) is 0. The fraction of sp³-hybridized carbons (Fsp3) is 0.125. The molecule has 0 saturated heterocycles. The lowest BCUT2D eigenvalue weighted by Crippen LogP contribution is -2.33. The summed E-state index contributed by atoms with van der Waals surface area (Å²) in [5.74, 6) is 5.84. The maximum absolute atomic E-state index is 5.26. The van der Waals surface area contributed by atoms with Gasteiger partial charge in [-0.1, -0.05) is 29.4 Å². The Morgan fingerprint density at radius 3 is 3.08 bits per heavy atom. The van der Waals surface area contributed by atoms with Gasteiger partial charge >= 0.3 is 0 Å². The number of benzene rings is 1. The van der Waals surface area contributed by atoms with Gasteiger partial charge in [-0.15, -0.1) is 0 Å². The zero-order valence-electron chi connectivity index (χ0n) is 6.45. The molecule has 0 bridgehead atoms. The molecule has 2 rings (SSSR count). The van der Waals surface area contributed by atoms with Crippen molar-refractivity contribution in [2.45, 2.75) is 6.61 Å². The molecule has 0 aromatic heterocycles. The number of nitrogens with two attached hydrogens (primary N) is 1. The van der Waals surface area contributed by atoms with E-state index in [-0.39, 0.29) is 0 Å². The molecule has 0 unspecified atom stereocenters. The highest BCUT2D eigenvalue weighted by atomic mass is 16.6. The van der Waals surface area contributed by atoms with E-state index in [1.54, 1.807) is 0 Å². The van der Waals surface area contributed by atoms with Crippen LogP contribution in [0, 0.1) is 0 Å². The predicted molar refractivity (Wildman–Crippen MR) is 45.1 cm³/mol. The van der Waals surface area contributed by atoms with Crippen LogP contribution in [0.5, 0.6) is 0 Å². The van der Waals surface area contributed by atoms with Crippen molar-refractivity contribution in [3.05, 3.63) is 35.4 Å². The van der Waals surface area contributed by atoms with E-state index in [0.717, 1.165) is 11.1 Å². The van der Waals surface area contributed by atoms with Crippen molar-refractivity contribution in [2.24, 2.45) is 11.0 Å². The second-order valence-corrected chi connectivity index (χ2v) is 2.51. The van der Waals surface area contributed by atoms with Crippen LogP contribution in [-0.2, 0) is 11.4 Å². The van der Waals surface area contributed by atoms with Crippen LogP contribution >= 0.6 is 0 Å². The van der Waals surface area contributed by atoms with Gasteiger partial charge in [0.15, 0.2) is 5.84 Å². The zero-order chi connectivity index (χ0) is 8.39. The van der Waals surface area contributed by atoms with Gasteiger partial charge in [0, 0.05) is 11.1 Å². The lowest BCUT2D eigenvalue weighted by Gasteiger charge is -2.14. The van der Waals surface area contributed by atoms with Gasteiger partial charge in [-0.2, -0.15) is 0 Å². The topological polar surface area (TPSA) is 59.6 Å². The number of rotatable bonds is 0. The van der Waals surface area contributed by atoms with Crippen LogP contribution in [0.25, 0.3) is 0 Å². The molecule has 0 spiro atoms. The highest BCUT2D eigenvalue weighted by Gasteiger charge is 2.12. The molecule has 0 aliphatic carbocycles. The molecule has 0 atom stereocenters. The van der Waals surface area contributed by atoms with Crippen molar-refractivity contribution in [1.29, 1.82) is 0 Å². The van der Waals surface area contributed by atoms with E-state index in [0.29, 0.717) is 12.4 Å². The van der Waals surface area contributed by atoms with Crippen molar-refractivity contribution in [3.8, 4) is 0 Å². The van der Waals surface area contributed by atoms with Crippen LogP contribution in [0.15, 0.2) is 29.4 Å². The molecule has 1 aliphatic heterocycles. The number of amidine groups is 1. The molecule has 4 nitrogen and oxygen atoms in total. The fourth-order valence-electron chi connectivity index (χ4n) is 1.20. The summed E-state index contributed by atoms with van der Waals surface area (Å²) in [6, 6.07) is 7.84. The van der Waals surface area contributed by atoms with E-state index < -0.39 is 0 Å². The van der Waals surface area contributed by atoms with Gasteiger partial charge in [0.05, 0.1) is 0 Å². The fourth-order valence-corrected chi connectivity index (χ4v) is 1.20. The molecule has 3 N–H and O–H groups in total. The van der Waals surface area contributed by atoms with Crippen molar-refractivity contribution in [1.82, 2.24) is 5.43 Å². The Balaban J connectivity index is 2.48. The first-order valence-electron chi connectivity index (χ1n) is 3.66. The highest BCUT2D eigenvalue weighted by Crippen LogP contribution is 2.14. The monoisotopic (exact) mass is 163 g/mol. The molecule has 1 heterocycles. The lowest BCUT2D eigenvalue weighted by atomic mass is 10.1. The first kappa shape index (κ1) is 7.12. The Hall–Kier alpha value is -1.55. The number of oxime groups is 1. The number of nitrogens with zero attached hydrogens (tertiary/aromatic N) is 1. The van der Waals surface area contributed by atoms with Crippen LogP contribution in [-0.4, -0.2) is 5.84 Å². The number of hydrogen-bond donors (Lipinski definition) is 2. The van der Waals surface area contributed by atoms with E-state index in [2.05, 4.69) is 10.6 Å². The molecular formula is C8H9N3O. The molecule has 0 radical (unpaired) electrons. The summed E-state index contributed by atoms with van der Waals surface area (Å²) in [6.45, 7) is 0.515. The van der Waals surface area contributed by atoms with Crippen LogP contribution in [0.2, 0.25) is 0 Å². The Bertz CT molecular complexity index is 322. The molecule has 1 aliphatic rings. The van der Waals surface area contributed by atoms with Gasteiger partial charge in [-0.05, 0) is 0 Å². The van der Waals surface area contributed by atoms with Gasteiger partial charge < -0.3 is 10.3 Å². The van der Waals surface area contributed by atoms with Crippen molar-refractivity contribution in [2.75, 3.05) is 0 Å². The molecule has 0 amide bonds. The largest absolute Gasteiger partial charge is 0.389 e. The van der Waals surface area contributed by atoms with Gasteiger partial charge in [0.25, 0.3) is 0 Å². The Labute approximate surface area is 70.0 Å². The Morgan fingerprint density at radius 2 is 2.25 bits per heavy atom. The number of nitrogens with one attached hydrogen (secondary N) is 1. The average Bonchev–Trinajstić information content (AvgIpc) is 2.17. The van der Waals surface area contributed by atoms with Gasteiger partial charge in [-0.25, -0.2) is 5.84 Å². The summed E-state index contributed by atoms with van der Waals surface area (Å²) < 4.78 is 0. The van der Waals surface area contributed by atoms with Crippen molar-refractivity contribution in [3.63, 3.8) is 0 Å². The van der Waals surface area contributed by atoms with Gasteiger partial charge in [0.1, 0.15) is 6.61 Å². The van der Waals surface area contributed by atoms with Crippen LogP contribution in [0.4, 0.5) is 0 Å². The molecule has 62 valence electrons. The third-order valence-electron chi connectivity index (χ3n) is 1.79. The summed E-state index contributed by atoms with van der Waals surface area (Å²) in [5.41, 5.74) is 4.59. The minimum Gasteiger partial charge on any atom is -0.389 e. The molecule has 1 aromatic rings. The zero-order valence-corrected chi connectivity index (χ0v) is 6.45. The van der Waals surface area contributed by atoms with Crippen LogP contribution in [0.3, 0.4) is 0 Å². The molecule has 12 heavy (non-hydrogen) atoms. The summed E-state index contributed by atoms with van der Waals surface area (Å²) >= 11 is 0. The van der Waals surface area contributed by atoms with Gasteiger partial charge in [-0.3, -0.25) is 0 Å². The summed E-state index contributed by atoms with van der Waals surface area (Å²) in [4.78, 5) is 4.94. The molecular weight excluding hydrogens is 154 g/mol. The van der Waals surface area contributed by atoms with Crippen molar-refractivity contribution >= 4 is 5.84 Å². The SMILES string of the molecule is NNC1=NOCc2ccccc21. The molecule has 0 saturated carbocycles. The summed E-state index contributed by atoms with van der Waals surface area (Å²) in [7, 11) is 0. The second kappa shape index (κ2) is 2.83. The quantitative estimate of drug-likeness (QED) is 0.428.